The zero-order valence-corrected chi connectivity index (χ0v) is 10.9. The Hall–Kier alpha value is -1.49. The standard InChI is InChI=1S/C12H17NO3S/c1-14-11-4-3-9(7-12(11)15-2)16-6-5-10(17)8-13/h3-4,7-8,17H,5-6,13H2,1-2H3/b10-8-. The van der Waals surface area contributed by atoms with Crippen molar-refractivity contribution in [1.29, 1.82) is 0 Å². The van der Waals surface area contributed by atoms with Crippen LogP contribution in [0.5, 0.6) is 17.2 Å². The lowest BCUT2D eigenvalue weighted by Crippen LogP contribution is -1.99. The highest BCUT2D eigenvalue weighted by Crippen LogP contribution is 2.30. The number of benzene rings is 1. The largest absolute Gasteiger partial charge is 0.493 e. The first-order chi connectivity index (χ1) is 8.21. The van der Waals surface area contributed by atoms with Gasteiger partial charge in [-0.1, -0.05) is 0 Å². The summed E-state index contributed by atoms with van der Waals surface area (Å²) in [6.45, 7) is 0.516. The summed E-state index contributed by atoms with van der Waals surface area (Å²) in [4.78, 5) is 0.797. The van der Waals surface area contributed by atoms with Crippen LogP contribution in [0, 0.1) is 0 Å². The SMILES string of the molecule is COc1ccc(OCC/C(S)=C/N)cc1OC. The molecule has 0 saturated heterocycles. The number of ether oxygens (including phenoxy) is 3. The van der Waals surface area contributed by atoms with E-state index >= 15 is 0 Å². The topological polar surface area (TPSA) is 53.7 Å². The predicted molar refractivity (Wildman–Crippen MR) is 70.9 cm³/mol. The van der Waals surface area contributed by atoms with Crippen molar-refractivity contribution in [3.05, 3.63) is 29.3 Å². The molecule has 94 valence electrons. The van der Waals surface area contributed by atoms with Gasteiger partial charge in [-0.3, -0.25) is 0 Å². The molecule has 0 aliphatic rings. The molecule has 0 atom stereocenters. The zero-order chi connectivity index (χ0) is 12.7. The minimum atomic E-state index is 0.516. The molecule has 0 unspecified atom stereocenters. The molecule has 0 aliphatic heterocycles. The van der Waals surface area contributed by atoms with Crippen molar-refractivity contribution in [3.63, 3.8) is 0 Å². The second-order valence-corrected chi connectivity index (χ2v) is 3.85. The van der Waals surface area contributed by atoms with Crippen molar-refractivity contribution in [1.82, 2.24) is 0 Å². The van der Waals surface area contributed by atoms with Crippen LogP contribution in [0.1, 0.15) is 6.42 Å². The molecule has 17 heavy (non-hydrogen) atoms. The van der Waals surface area contributed by atoms with E-state index in [0.717, 1.165) is 10.7 Å². The van der Waals surface area contributed by atoms with Crippen LogP contribution in [0.4, 0.5) is 0 Å². The smallest absolute Gasteiger partial charge is 0.164 e. The molecule has 0 aromatic heterocycles. The Kier molecular flexibility index (Phi) is 5.56. The summed E-state index contributed by atoms with van der Waals surface area (Å²) in [5.41, 5.74) is 5.30. The summed E-state index contributed by atoms with van der Waals surface area (Å²) in [5.74, 6) is 2.04. The maximum absolute atomic E-state index is 5.54. The molecule has 0 spiro atoms. The van der Waals surface area contributed by atoms with Gasteiger partial charge in [0.25, 0.3) is 0 Å². The van der Waals surface area contributed by atoms with E-state index in [-0.39, 0.29) is 0 Å². The van der Waals surface area contributed by atoms with Gasteiger partial charge in [0.15, 0.2) is 11.5 Å². The summed E-state index contributed by atoms with van der Waals surface area (Å²) in [6, 6.07) is 5.41. The lowest BCUT2D eigenvalue weighted by Gasteiger charge is -2.10. The van der Waals surface area contributed by atoms with Gasteiger partial charge in [-0.15, -0.1) is 12.6 Å². The molecule has 0 heterocycles. The molecular weight excluding hydrogens is 238 g/mol. The summed E-state index contributed by atoms with van der Waals surface area (Å²) < 4.78 is 15.8. The van der Waals surface area contributed by atoms with Gasteiger partial charge < -0.3 is 19.9 Å². The van der Waals surface area contributed by atoms with Crippen LogP contribution in [0.25, 0.3) is 0 Å². The van der Waals surface area contributed by atoms with Crippen LogP contribution in [-0.2, 0) is 0 Å². The van der Waals surface area contributed by atoms with Crippen LogP contribution in [-0.4, -0.2) is 20.8 Å². The number of hydrogen-bond acceptors (Lipinski definition) is 5. The fourth-order valence-electron chi connectivity index (χ4n) is 1.26. The number of methoxy groups -OCH3 is 2. The van der Waals surface area contributed by atoms with E-state index < -0.39 is 0 Å². The molecule has 0 bridgehead atoms. The summed E-state index contributed by atoms with van der Waals surface area (Å²) >= 11 is 4.16. The molecular formula is C12H17NO3S. The van der Waals surface area contributed by atoms with Crippen molar-refractivity contribution in [2.24, 2.45) is 5.73 Å². The summed E-state index contributed by atoms with van der Waals surface area (Å²) in [5, 5.41) is 0. The molecule has 1 aromatic rings. The maximum Gasteiger partial charge on any atom is 0.164 e. The first kappa shape index (κ1) is 13.6. The number of thiol groups is 1. The fourth-order valence-corrected chi connectivity index (χ4v) is 1.35. The van der Waals surface area contributed by atoms with Crippen LogP contribution >= 0.6 is 12.6 Å². The molecule has 5 heteroatoms. The predicted octanol–water partition coefficient (Wildman–Crippen LogP) is 2.20. The average molecular weight is 255 g/mol. The Balaban J connectivity index is 2.60. The second-order valence-electron chi connectivity index (χ2n) is 3.27. The van der Waals surface area contributed by atoms with Crippen LogP contribution in [0.2, 0.25) is 0 Å². The van der Waals surface area contributed by atoms with Gasteiger partial charge in [0.05, 0.1) is 20.8 Å². The summed E-state index contributed by atoms with van der Waals surface area (Å²) in [7, 11) is 3.18. The second kappa shape index (κ2) is 6.96. The van der Waals surface area contributed by atoms with Gasteiger partial charge in [-0.05, 0) is 12.1 Å². The van der Waals surface area contributed by atoms with E-state index in [1.54, 1.807) is 26.4 Å². The van der Waals surface area contributed by atoms with E-state index in [9.17, 15) is 0 Å². The molecule has 0 fully saturated rings. The van der Waals surface area contributed by atoms with E-state index in [4.69, 9.17) is 19.9 Å². The third-order valence-electron chi connectivity index (χ3n) is 2.17. The molecule has 0 amide bonds. The van der Waals surface area contributed by atoms with Gasteiger partial charge in [0.1, 0.15) is 5.75 Å². The molecule has 2 N–H and O–H groups in total. The van der Waals surface area contributed by atoms with Crippen LogP contribution in [0.15, 0.2) is 29.3 Å². The number of nitrogens with two attached hydrogens (primary N) is 1. The van der Waals surface area contributed by atoms with E-state index in [1.165, 1.54) is 6.20 Å². The highest BCUT2D eigenvalue weighted by molar-refractivity contribution is 7.84. The Morgan fingerprint density at radius 3 is 2.59 bits per heavy atom. The lowest BCUT2D eigenvalue weighted by atomic mass is 10.3. The van der Waals surface area contributed by atoms with E-state index in [2.05, 4.69) is 12.6 Å². The van der Waals surface area contributed by atoms with Crippen LogP contribution in [0.3, 0.4) is 0 Å². The van der Waals surface area contributed by atoms with Crippen molar-refractivity contribution in [3.8, 4) is 17.2 Å². The van der Waals surface area contributed by atoms with Gasteiger partial charge in [-0.25, -0.2) is 0 Å². The maximum atomic E-state index is 5.54. The molecule has 0 saturated carbocycles. The highest BCUT2D eigenvalue weighted by atomic mass is 32.1. The van der Waals surface area contributed by atoms with Gasteiger partial charge in [0.2, 0.25) is 0 Å². The Labute approximate surface area is 107 Å². The lowest BCUT2D eigenvalue weighted by molar-refractivity contribution is 0.315. The fraction of sp³-hybridized carbons (Fsp3) is 0.333. The highest BCUT2D eigenvalue weighted by Gasteiger charge is 2.05. The first-order valence-electron chi connectivity index (χ1n) is 5.15. The molecule has 1 rings (SSSR count). The molecule has 0 radical (unpaired) electrons. The van der Waals surface area contributed by atoms with Crippen molar-refractivity contribution in [2.45, 2.75) is 6.42 Å². The van der Waals surface area contributed by atoms with Gasteiger partial charge >= 0.3 is 0 Å². The van der Waals surface area contributed by atoms with E-state index in [1.807, 2.05) is 6.07 Å². The monoisotopic (exact) mass is 255 g/mol. The molecule has 0 aliphatic carbocycles. The Morgan fingerprint density at radius 1 is 1.29 bits per heavy atom. The van der Waals surface area contributed by atoms with Crippen molar-refractivity contribution < 1.29 is 14.2 Å². The van der Waals surface area contributed by atoms with Gasteiger partial charge in [0, 0.05) is 23.6 Å². The Bertz CT molecular complexity index is 393. The van der Waals surface area contributed by atoms with Crippen molar-refractivity contribution in [2.75, 3.05) is 20.8 Å². The van der Waals surface area contributed by atoms with Gasteiger partial charge in [-0.2, -0.15) is 0 Å². The first-order valence-corrected chi connectivity index (χ1v) is 5.60. The minimum Gasteiger partial charge on any atom is -0.493 e. The minimum absolute atomic E-state index is 0.516. The van der Waals surface area contributed by atoms with E-state index in [0.29, 0.717) is 24.5 Å². The normalized spacial score (nSPS) is 11.1. The third kappa shape index (κ3) is 4.11. The number of hydrogen-bond donors (Lipinski definition) is 2. The van der Waals surface area contributed by atoms with Crippen molar-refractivity contribution >= 4 is 12.6 Å². The summed E-state index contributed by atoms with van der Waals surface area (Å²) in [6.07, 6.45) is 2.13. The quantitative estimate of drug-likeness (QED) is 0.765. The molecule has 1 aromatic carbocycles. The zero-order valence-electron chi connectivity index (χ0n) is 9.97. The average Bonchev–Trinajstić information content (AvgIpc) is 2.38. The third-order valence-corrected chi connectivity index (χ3v) is 2.55. The number of rotatable bonds is 6. The molecule has 4 nitrogen and oxygen atoms in total. The van der Waals surface area contributed by atoms with Crippen LogP contribution < -0.4 is 19.9 Å². The Morgan fingerprint density at radius 2 is 2.00 bits per heavy atom.